The van der Waals surface area contributed by atoms with E-state index < -0.39 is 0 Å². The minimum atomic E-state index is -0.276. The third kappa shape index (κ3) is 5.30. The Morgan fingerprint density at radius 1 is 1.42 bits per heavy atom. The van der Waals surface area contributed by atoms with Crippen molar-refractivity contribution < 1.29 is 14.6 Å². The molecule has 19 heavy (non-hydrogen) atoms. The zero-order chi connectivity index (χ0) is 13.7. The summed E-state index contributed by atoms with van der Waals surface area (Å²) < 4.78 is 5.42. The molecule has 1 amide bonds. The lowest BCUT2D eigenvalue weighted by Gasteiger charge is -2.08. The third-order valence-corrected chi connectivity index (χ3v) is 3.09. The van der Waals surface area contributed by atoms with Crippen LogP contribution in [-0.2, 0) is 11.2 Å². The van der Waals surface area contributed by atoms with Gasteiger partial charge < -0.3 is 15.2 Å². The van der Waals surface area contributed by atoms with Gasteiger partial charge in [-0.15, -0.1) is 0 Å². The molecule has 2 N–H and O–H groups in total. The van der Waals surface area contributed by atoms with Crippen LogP contribution in [0, 0.1) is 0 Å². The molecule has 104 valence electrons. The first-order valence-electron chi connectivity index (χ1n) is 6.82. The van der Waals surface area contributed by atoms with Gasteiger partial charge in [0.05, 0.1) is 6.10 Å². The number of aliphatic hydroxyl groups excluding tert-OH is 1. The lowest BCUT2D eigenvalue weighted by atomic mass is 10.1. The van der Waals surface area contributed by atoms with Crippen molar-refractivity contribution in [1.29, 1.82) is 0 Å². The maximum atomic E-state index is 11.4. The summed E-state index contributed by atoms with van der Waals surface area (Å²) in [5, 5.41) is 12.1. The van der Waals surface area contributed by atoms with E-state index >= 15 is 0 Å². The molecule has 0 aliphatic heterocycles. The number of nitrogens with one attached hydrogen (secondary N) is 1. The lowest BCUT2D eigenvalue weighted by Crippen LogP contribution is -2.30. The number of carbonyl (C=O) groups excluding carboxylic acids is 1. The average Bonchev–Trinajstić information content (AvgIpc) is 3.19. The Kier molecular flexibility index (Phi) is 4.80. The van der Waals surface area contributed by atoms with E-state index in [1.54, 1.807) is 6.92 Å². The minimum absolute atomic E-state index is 0.0549. The summed E-state index contributed by atoms with van der Waals surface area (Å²) in [5.74, 6) is 0.646. The Labute approximate surface area is 113 Å². The van der Waals surface area contributed by atoms with Crippen LogP contribution >= 0.6 is 0 Å². The van der Waals surface area contributed by atoms with Crippen molar-refractivity contribution in [3.63, 3.8) is 0 Å². The Hall–Kier alpha value is -1.55. The molecule has 4 nitrogen and oxygen atoms in total. The van der Waals surface area contributed by atoms with Crippen LogP contribution in [-0.4, -0.2) is 29.8 Å². The molecule has 2 rings (SSSR count). The van der Waals surface area contributed by atoms with Gasteiger partial charge in [-0.25, -0.2) is 0 Å². The van der Waals surface area contributed by atoms with Gasteiger partial charge in [0.25, 0.3) is 5.91 Å². The molecular formula is C15H21NO3. The third-order valence-electron chi connectivity index (χ3n) is 3.09. The summed E-state index contributed by atoms with van der Waals surface area (Å²) in [6, 6.07) is 8.04. The summed E-state index contributed by atoms with van der Waals surface area (Å²) in [6.07, 6.45) is 3.50. The molecular weight excluding hydrogens is 242 g/mol. The molecule has 0 radical (unpaired) electrons. The second kappa shape index (κ2) is 6.57. The normalized spacial score (nSPS) is 15.9. The highest BCUT2D eigenvalue weighted by molar-refractivity contribution is 5.78. The van der Waals surface area contributed by atoms with Gasteiger partial charge in [-0.3, -0.25) is 4.79 Å². The van der Waals surface area contributed by atoms with E-state index in [9.17, 15) is 9.90 Å². The van der Waals surface area contributed by atoms with Crippen LogP contribution in [0.5, 0.6) is 5.75 Å². The van der Waals surface area contributed by atoms with E-state index in [4.69, 9.17) is 4.74 Å². The molecule has 0 bridgehead atoms. The number of amides is 1. The fourth-order valence-electron chi connectivity index (χ4n) is 1.77. The first-order chi connectivity index (χ1) is 9.13. The summed E-state index contributed by atoms with van der Waals surface area (Å²) in [6.45, 7) is 1.86. The van der Waals surface area contributed by atoms with E-state index in [0.29, 0.717) is 11.8 Å². The van der Waals surface area contributed by atoms with E-state index in [1.807, 2.05) is 24.3 Å². The van der Waals surface area contributed by atoms with Gasteiger partial charge in [0.1, 0.15) is 5.75 Å². The summed E-state index contributed by atoms with van der Waals surface area (Å²) in [4.78, 5) is 11.4. The zero-order valence-corrected chi connectivity index (χ0v) is 11.3. The Balaban J connectivity index is 1.72. The van der Waals surface area contributed by atoms with E-state index in [0.717, 1.165) is 31.2 Å². The van der Waals surface area contributed by atoms with Gasteiger partial charge in [0.2, 0.25) is 0 Å². The summed E-state index contributed by atoms with van der Waals surface area (Å²) >= 11 is 0. The highest BCUT2D eigenvalue weighted by atomic mass is 16.5. The SMILES string of the molecule is CC(O)CCc1ccc(OCC(=O)NC2CC2)cc1. The van der Waals surface area contributed by atoms with E-state index in [-0.39, 0.29) is 18.6 Å². The molecule has 0 heterocycles. The molecule has 1 aliphatic carbocycles. The topological polar surface area (TPSA) is 58.6 Å². The number of rotatable bonds is 7. The van der Waals surface area contributed by atoms with Gasteiger partial charge in [0, 0.05) is 6.04 Å². The van der Waals surface area contributed by atoms with Crippen LogP contribution in [0.3, 0.4) is 0 Å². The average molecular weight is 263 g/mol. The van der Waals surface area contributed by atoms with Crippen LogP contribution < -0.4 is 10.1 Å². The smallest absolute Gasteiger partial charge is 0.258 e. The Morgan fingerprint density at radius 3 is 2.68 bits per heavy atom. The van der Waals surface area contributed by atoms with Gasteiger partial charge >= 0.3 is 0 Å². The van der Waals surface area contributed by atoms with Gasteiger partial charge in [-0.05, 0) is 50.3 Å². The van der Waals surface area contributed by atoms with Crippen molar-refractivity contribution in [2.75, 3.05) is 6.61 Å². The van der Waals surface area contributed by atoms with E-state index in [1.165, 1.54) is 0 Å². The van der Waals surface area contributed by atoms with Crippen LogP contribution in [0.2, 0.25) is 0 Å². The quantitative estimate of drug-likeness (QED) is 0.786. The lowest BCUT2D eigenvalue weighted by molar-refractivity contribution is -0.123. The number of benzene rings is 1. The molecule has 1 saturated carbocycles. The molecule has 1 unspecified atom stereocenters. The number of ether oxygens (including phenoxy) is 1. The molecule has 1 aliphatic rings. The molecule has 0 spiro atoms. The standard InChI is InChI=1S/C15H21NO3/c1-11(17)2-3-12-4-8-14(9-5-12)19-10-15(18)16-13-6-7-13/h4-5,8-9,11,13,17H,2-3,6-7,10H2,1H3,(H,16,18). The Morgan fingerprint density at radius 2 is 2.11 bits per heavy atom. The summed E-state index contributed by atoms with van der Waals surface area (Å²) in [7, 11) is 0. The molecule has 1 aromatic rings. The van der Waals surface area contributed by atoms with Crippen molar-refractivity contribution in [2.45, 2.75) is 44.8 Å². The predicted molar refractivity (Wildman–Crippen MR) is 73.1 cm³/mol. The number of aliphatic hydroxyl groups is 1. The molecule has 0 aromatic heterocycles. The molecule has 1 aromatic carbocycles. The first-order valence-corrected chi connectivity index (χ1v) is 6.82. The van der Waals surface area contributed by atoms with Crippen molar-refractivity contribution in [3.8, 4) is 5.75 Å². The fourth-order valence-corrected chi connectivity index (χ4v) is 1.77. The molecule has 1 fully saturated rings. The maximum Gasteiger partial charge on any atom is 0.258 e. The number of hydrogen-bond donors (Lipinski definition) is 2. The van der Waals surface area contributed by atoms with Crippen LogP contribution in [0.25, 0.3) is 0 Å². The van der Waals surface area contributed by atoms with Crippen molar-refractivity contribution in [2.24, 2.45) is 0 Å². The number of carbonyl (C=O) groups is 1. The van der Waals surface area contributed by atoms with Crippen LogP contribution in [0.1, 0.15) is 31.7 Å². The predicted octanol–water partition coefficient (Wildman–Crippen LogP) is 1.66. The van der Waals surface area contributed by atoms with Crippen molar-refractivity contribution >= 4 is 5.91 Å². The maximum absolute atomic E-state index is 11.4. The number of aryl methyl sites for hydroxylation is 1. The van der Waals surface area contributed by atoms with Crippen LogP contribution in [0.15, 0.2) is 24.3 Å². The molecule has 1 atom stereocenters. The van der Waals surface area contributed by atoms with E-state index in [2.05, 4.69) is 5.32 Å². The minimum Gasteiger partial charge on any atom is -0.484 e. The Bertz CT molecular complexity index is 410. The van der Waals surface area contributed by atoms with Gasteiger partial charge in [-0.1, -0.05) is 12.1 Å². The van der Waals surface area contributed by atoms with Gasteiger partial charge in [0.15, 0.2) is 6.61 Å². The highest BCUT2D eigenvalue weighted by Gasteiger charge is 2.23. The fraction of sp³-hybridized carbons (Fsp3) is 0.533. The second-order valence-electron chi connectivity index (χ2n) is 5.16. The van der Waals surface area contributed by atoms with Crippen molar-refractivity contribution in [3.05, 3.63) is 29.8 Å². The summed E-state index contributed by atoms with van der Waals surface area (Å²) in [5.41, 5.74) is 1.16. The zero-order valence-electron chi connectivity index (χ0n) is 11.3. The monoisotopic (exact) mass is 263 g/mol. The van der Waals surface area contributed by atoms with Gasteiger partial charge in [-0.2, -0.15) is 0 Å². The molecule has 0 saturated heterocycles. The van der Waals surface area contributed by atoms with Crippen molar-refractivity contribution in [1.82, 2.24) is 5.32 Å². The highest BCUT2D eigenvalue weighted by Crippen LogP contribution is 2.18. The number of hydrogen-bond acceptors (Lipinski definition) is 3. The first kappa shape index (κ1) is 13.9. The largest absolute Gasteiger partial charge is 0.484 e. The van der Waals surface area contributed by atoms with Crippen LogP contribution in [0.4, 0.5) is 0 Å². The molecule has 4 heteroatoms. The second-order valence-corrected chi connectivity index (χ2v) is 5.16.